The Kier molecular flexibility index (Phi) is 3.05. The summed E-state index contributed by atoms with van der Waals surface area (Å²) in [6.07, 6.45) is 6.80. The molecule has 0 bridgehead atoms. The summed E-state index contributed by atoms with van der Waals surface area (Å²) < 4.78 is 28.8. The molecule has 2 heterocycles. The second-order valence-corrected chi connectivity index (χ2v) is 7.37. The van der Waals surface area contributed by atoms with Crippen molar-refractivity contribution in [3.8, 4) is 0 Å². The summed E-state index contributed by atoms with van der Waals surface area (Å²) in [7, 11) is -1.85. The highest BCUT2D eigenvalue weighted by atomic mass is 32.2. The smallest absolute Gasteiger partial charge is 0.262 e. The van der Waals surface area contributed by atoms with E-state index in [4.69, 9.17) is 5.73 Å². The number of hydrogen-bond acceptors (Lipinski definition) is 4. The van der Waals surface area contributed by atoms with E-state index >= 15 is 0 Å². The molecule has 1 aromatic heterocycles. The third kappa shape index (κ3) is 1.95. The monoisotopic (exact) mass is 284 g/mol. The van der Waals surface area contributed by atoms with Crippen molar-refractivity contribution in [2.45, 2.75) is 43.2 Å². The van der Waals surface area contributed by atoms with E-state index in [1.54, 1.807) is 11.4 Å². The van der Waals surface area contributed by atoms with Crippen LogP contribution in [0.5, 0.6) is 0 Å². The minimum Gasteiger partial charge on any atom is -0.381 e. The fourth-order valence-corrected chi connectivity index (χ4v) is 5.52. The molecular weight excluding hydrogens is 264 g/mol. The zero-order chi connectivity index (χ0) is 13.6. The van der Waals surface area contributed by atoms with E-state index in [2.05, 4.69) is 4.98 Å². The molecule has 0 radical (unpaired) electrons. The largest absolute Gasteiger partial charge is 0.381 e. The van der Waals surface area contributed by atoms with Crippen molar-refractivity contribution in [2.75, 3.05) is 12.3 Å². The van der Waals surface area contributed by atoms with E-state index in [1.807, 2.05) is 0 Å². The maximum absolute atomic E-state index is 12.8. The highest BCUT2D eigenvalue weighted by Gasteiger charge is 2.42. The van der Waals surface area contributed by atoms with Crippen molar-refractivity contribution in [1.29, 1.82) is 0 Å². The molecule has 19 heavy (non-hydrogen) atoms. The number of piperidine rings is 1. The summed E-state index contributed by atoms with van der Waals surface area (Å²) >= 11 is 0. The number of aryl methyl sites for hydroxylation is 1. The fraction of sp³-hybridized carbons (Fsp3) is 0.750. The van der Waals surface area contributed by atoms with E-state index in [-0.39, 0.29) is 16.9 Å². The third-order valence-corrected chi connectivity index (χ3v) is 6.46. The van der Waals surface area contributed by atoms with Gasteiger partial charge in [0.25, 0.3) is 10.0 Å². The predicted octanol–water partition coefficient (Wildman–Crippen LogP) is 0.955. The summed E-state index contributed by atoms with van der Waals surface area (Å²) in [4.78, 5) is 3.90. The van der Waals surface area contributed by atoms with Gasteiger partial charge in [0, 0.05) is 19.6 Å². The summed E-state index contributed by atoms with van der Waals surface area (Å²) in [6.45, 7) is 0.605. The average molecular weight is 284 g/mol. The van der Waals surface area contributed by atoms with E-state index in [0.717, 1.165) is 32.1 Å². The van der Waals surface area contributed by atoms with Crippen LogP contribution in [0, 0.1) is 5.92 Å². The Labute approximate surface area is 113 Å². The maximum atomic E-state index is 12.8. The van der Waals surface area contributed by atoms with Crippen LogP contribution < -0.4 is 5.73 Å². The lowest BCUT2D eigenvalue weighted by Crippen LogP contribution is -2.46. The van der Waals surface area contributed by atoms with Crippen molar-refractivity contribution in [3.05, 3.63) is 6.33 Å². The molecule has 0 spiro atoms. The second kappa shape index (κ2) is 4.49. The molecule has 2 aliphatic rings. The van der Waals surface area contributed by atoms with Gasteiger partial charge in [0.1, 0.15) is 0 Å². The number of anilines is 1. The molecule has 7 heteroatoms. The van der Waals surface area contributed by atoms with Crippen LogP contribution >= 0.6 is 0 Å². The highest BCUT2D eigenvalue weighted by molar-refractivity contribution is 7.89. The average Bonchev–Trinajstić information content (AvgIpc) is 2.95. The molecule has 0 amide bonds. The Morgan fingerprint density at radius 2 is 2.05 bits per heavy atom. The van der Waals surface area contributed by atoms with Gasteiger partial charge in [-0.3, -0.25) is 0 Å². The summed E-state index contributed by atoms with van der Waals surface area (Å²) in [5, 5.41) is 0.139. The second-order valence-electron chi connectivity index (χ2n) is 5.56. The number of nitrogens with zero attached hydrogens (tertiary/aromatic N) is 3. The first-order chi connectivity index (χ1) is 9.01. The van der Waals surface area contributed by atoms with Gasteiger partial charge in [-0.25, -0.2) is 13.4 Å². The van der Waals surface area contributed by atoms with Gasteiger partial charge in [-0.1, -0.05) is 6.42 Å². The lowest BCUT2D eigenvalue weighted by atomic mass is 9.94. The highest BCUT2D eigenvalue weighted by Crippen LogP contribution is 2.39. The van der Waals surface area contributed by atoms with Gasteiger partial charge >= 0.3 is 0 Å². The van der Waals surface area contributed by atoms with Crippen LogP contribution in [0.25, 0.3) is 0 Å². The van der Waals surface area contributed by atoms with Gasteiger partial charge in [-0.05, 0) is 31.6 Å². The first-order valence-corrected chi connectivity index (χ1v) is 8.24. The number of aromatic nitrogens is 2. The van der Waals surface area contributed by atoms with Gasteiger partial charge < -0.3 is 10.3 Å². The molecule has 3 rings (SSSR count). The van der Waals surface area contributed by atoms with Crippen LogP contribution in [0.4, 0.5) is 5.82 Å². The normalized spacial score (nSPS) is 28.5. The number of rotatable bonds is 2. The van der Waals surface area contributed by atoms with E-state index in [9.17, 15) is 8.42 Å². The zero-order valence-electron chi connectivity index (χ0n) is 11.1. The molecule has 106 valence electrons. The zero-order valence-corrected chi connectivity index (χ0v) is 11.9. The summed E-state index contributed by atoms with van der Waals surface area (Å²) in [6, 6.07) is 0.160. The van der Waals surface area contributed by atoms with Crippen molar-refractivity contribution in [3.63, 3.8) is 0 Å². The van der Waals surface area contributed by atoms with Gasteiger partial charge in [0.15, 0.2) is 10.8 Å². The van der Waals surface area contributed by atoms with Crippen molar-refractivity contribution >= 4 is 15.8 Å². The van der Waals surface area contributed by atoms with Gasteiger partial charge in [-0.15, -0.1) is 0 Å². The molecule has 0 aromatic carbocycles. The first-order valence-electron chi connectivity index (χ1n) is 6.80. The number of nitrogens with two attached hydrogens (primary N) is 1. The van der Waals surface area contributed by atoms with Gasteiger partial charge in [0.05, 0.1) is 6.33 Å². The fourth-order valence-electron chi connectivity index (χ4n) is 3.57. The molecule has 2 unspecified atom stereocenters. The molecule has 1 aliphatic carbocycles. The lowest BCUT2D eigenvalue weighted by Gasteiger charge is -2.36. The van der Waals surface area contributed by atoms with Crippen LogP contribution in [-0.2, 0) is 17.1 Å². The SMILES string of the molecule is Cn1cnc(N)c1S(=O)(=O)N1CCCC2CCCC21. The molecule has 1 aromatic rings. The molecule has 2 N–H and O–H groups in total. The van der Waals surface area contributed by atoms with Crippen LogP contribution in [-0.4, -0.2) is 34.9 Å². The van der Waals surface area contributed by atoms with Crippen LogP contribution in [0.2, 0.25) is 0 Å². The Morgan fingerprint density at radius 3 is 2.74 bits per heavy atom. The summed E-state index contributed by atoms with van der Waals surface area (Å²) in [5.74, 6) is 0.626. The number of imidazole rings is 1. The molecule has 2 fully saturated rings. The van der Waals surface area contributed by atoms with E-state index in [0.29, 0.717) is 12.5 Å². The molecule has 2 atom stereocenters. The van der Waals surface area contributed by atoms with Crippen LogP contribution in [0.15, 0.2) is 11.4 Å². The van der Waals surface area contributed by atoms with Crippen LogP contribution in [0.1, 0.15) is 32.1 Å². The molecule has 6 nitrogen and oxygen atoms in total. The Bertz CT molecular complexity index is 561. The molecule has 1 saturated heterocycles. The molecule has 1 aliphatic heterocycles. The number of nitrogen functional groups attached to an aromatic ring is 1. The quantitative estimate of drug-likeness (QED) is 0.877. The summed E-state index contributed by atoms with van der Waals surface area (Å²) in [5.41, 5.74) is 5.73. The van der Waals surface area contributed by atoms with E-state index < -0.39 is 10.0 Å². The Morgan fingerprint density at radius 1 is 1.32 bits per heavy atom. The van der Waals surface area contributed by atoms with Crippen molar-refractivity contribution < 1.29 is 8.42 Å². The Hall–Kier alpha value is -1.08. The number of sulfonamides is 1. The standard InChI is InChI=1S/C12H20N4O2S/c1-15-8-14-11(13)12(15)19(17,18)16-7-3-5-9-4-2-6-10(9)16/h8-10H,2-7,13H2,1H3. The van der Waals surface area contributed by atoms with Crippen molar-refractivity contribution in [1.82, 2.24) is 13.9 Å². The third-order valence-electron chi connectivity index (χ3n) is 4.40. The van der Waals surface area contributed by atoms with Crippen molar-refractivity contribution in [2.24, 2.45) is 13.0 Å². The molecular formula is C12H20N4O2S. The minimum atomic E-state index is -3.53. The first kappa shape index (κ1) is 12.9. The maximum Gasteiger partial charge on any atom is 0.262 e. The Balaban J connectivity index is 2.00. The van der Waals surface area contributed by atoms with Gasteiger partial charge in [0.2, 0.25) is 0 Å². The number of hydrogen-bond donors (Lipinski definition) is 1. The topological polar surface area (TPSA) is 81.2 Å². The molecule has 1 saturated carbocycles. The van der Waals surface area contributed by atoms with Gasteiger partial charge in [-0.2, -0.15) is 4.31 Å². The van der Waals surface area contributed by atoms with E-state index in [1.165, 1.54) is 10.9 Å². The number of fused-ring (bicyclic) bond motifs is 1. The minimum absolute atomic E-state index is 0.0996. The van der Waals surface area contributed by atoms with Crippen LogP contribution in [0.3, 0.4) is 0 Å². The predicted molar refractivity (Wildman–Crippen MR) is 71.9 cm³/mol. The lowest BCUT2D eigenvalue weighted by molar-refractivity contribution is 0.201.